The van der Waals surface area contributed by atoms with E-state index >= 15 is 0 Å². The molecule has 1 saturated heterocycles. The van der Waals surface area contributed by atoms with Gasteiger partial charge < -0.3 is 20.2 Å². The number of aliphatic hydroxyl groups is 1. The van der Waals surface area contributed by atoms with E-state index in [2.05, 4.69) is 5.32 Å². The third-order valence-electron chi connectivity index (χ3n) is 4.18. The zero-order chi connectivity index (χ0) is 14.4. The molecule has 1 aliphatic carbocycles. The van der Waals surface area contributed by atoms with E-state index in [0.29, 0.717) is 13.1 Å². The molecule has 0 radical (unpaired) electrons. The lowest BCUT2D eigenvalue weighted by Gasteiger charge is -2.30. The molecule has 20 heavy (non-hydrogen) atoms. The van der Waals surface area contributed by atoms with Crippen molar-refractivity contribution in [2.24, 2.45) is 0 Å². The van der Waals surface area contributed by atoms with Gasteiger partial charge in [-0.15, -0.1) is 0 Å². The van der Waals surface area contributed by atoms with Gasteiger partial charge in [0.2, 0.25) is 0 Å². The topological polar surface area (TPSA) is 72.9 Å². The smallest absolute Gasteiger partial charge is 0.312 e. The van der Waals surface area contributed by atoms with Gasteiger partial charge in [-0.05, 0) is 25.8 Å². The van der Waals surface area contributed by atoms with Crippen LogP contribution in [0.25, 0.3) is 0 Å². The number of rotatable bonds is 3. The zero-order valence-corrected chi connectivity index (χ0v) is 12.0. The molecule has 1 heterocycles. The van der Waals surface area contributed by atoms with Gasteiger partial charge in [0.15, 0.2) is 0 Å². The van der Waals surface area contributed by atoms with Gasteiger partial charge in [0.1, 0.15) is 0 Å². The average molecular weight is 283 g/mol. The first-order chi connectivity index (χ1) is 9.74. The fraction of sp³-hybridized carbons (Fsp3) is 0.857. The van der Waals surface area contributed by atoms with Crippen LogP contribution in [0.15, 0.2) is 0 Å². The van der Waals surface area contributed by atoms with Crippen LogP contribution in [-0.4, -0.2) is 72.1 Å². The van der Waals surface area contributed by atoms with E-state index in [1.807, 2.05) is 0 Å². The summed E-state index contributed by atoms with van der Waals surface area (Å²) in [5, 5.41) is 12.4. The summed E-state index contributed by atoms with van der Waals surface area (Å²) in [5.74, 6) is -0.845. The molecule has 2 N–H and O–H groups in total. The molecule has 0 unspecified atom stereocenters. The minimum Gasteiger partial charge on any atom is -0.395 e. The van der Waals surface area contributed by atoms with Crippen molar-refractivity contribution < 1.29 is 14.7 Å². The number of nitrogens with zero attached hydrogens (tertiary/aromatic N) is 2. The molecule has 2 amide bonds. The molecule has 2 rings (SSSR count). The van der Waals surface area contributed by atoms with Crippen LogP contribution in [0.2, 0.25) is 0 Å². The summed E-state index contributed by atoms with van der Waals surface area (Å²) in [4.78, 5) is 28.0. The minimum atomic E-state index is -0.437. The standard InChI is InChI=1S/C14H25N3O3/c18-11-10-17(12-4-1-2-5-12)14(20)13(19)16-8-3-6-15-7-9-16/h12,15,18H,1-11H2. The number of hydrogen-bond acceptors (Lipinski definition) is 4. The maximum absolute atomic E-state index is 12.4. The molecule has 0 aromatic heterocycles. The largest absolute Gasteiger partial charge is 0.395 e. The van der Waals surface area contributed by atoms with E-state index < -0.39 is 11.8 Å². The number of amides is 2. The van der Waals surface area contributed by atoms with Gasteiger partial charge in [-0.25, -0.2) is 0 Å². The third-order valence-corrected chi connectivity index (χ3v) is 4.18. The first-order valence-corrected chi connectivity index (χ1v) is 7.65. The summed E-state index contributed by atoms with van der Waals surface area (Å²) < 4.78 is 0. The molecule has 2 fully saturated rings. The Hall–Kier alpha value is -1.14. The van der Waals surface area contributed by atoms with Crippen LogP contribution in [0, 0.1) is 0 Å². The highest BCUT2D eigenvalue weighted by Gasteiger charge is 2.32. The van der Waals surface area contributed by atoms with Crippen molar-refractivity contribution in [3.63, 3.8) is 0 Å². The van der Waals surface area contributed by atoms with Crippen molar-refractivity contribution in [3.8, 4) is 0 Å². The number of carbonyl (C=O) groups is 2. The summed E-state index contributed by atoms with van der Waals surface area (Å²) >= 11 is 0. The van der Waals surface area contributed by atoms with Crippen LogP contribution in [0.3, 0.4) is 0 Å². The van der Waals surface area contributed by atoms with E-state index in [1.54, 1.807) is 9.80 Å². The number of nitrogens with one attached hydrogen (secondary N) is 1. The normalized spacial score (nSPS) is 20.8. The summed E-state index contributed by atoms with van der Waals surface area (Å²) in [5.41, 5.74) is 0. The van der Waals surface area contributed by atoms with Crippen molar-refractivity contribution in [2.75, 3.05) is 39.3 Å². The predicted molar refractivity (Wildman–Crippen MR) is 75.1 cm³/mol. The van der Waals surface area contributed by atoms with Crippen LogP contribution in [0.4, 0.5) is 0 Å². The average Bonchev–Trinajstić information content (AvgIpc) is 2.85. The molecular weight excluding hydrogens is 258 g/mol. The lowest BCUT2D eigenvalue weighted by Crippen LogP contribution is -2.50. The van der Waals surface area contributed by atoms with Crippen molar-refractivity contribution in [1.29, 1.82) is 0 Å². The molecule has 114 valence electrons. The molecule has 0 spiro atoms. The second-order valence-corrected chi connectivity index (χ2v) is 5.56. The van der Waals surface area contributed by atoms with Crippen molar-refractivity contribution in [1.82, 2.24) is 15.1 Å². The van der Waals surface area contributed by atoms with Gasteiger partial charge in [0.25, 0.3) is 0 Å². The number of carbonyl (C=O) groups excluding carboxylic acids is 2. The summed E-state index contributed by atoms with van der Waals surface area (Å²) in [6.07, 6.45) is 4.97. The second kappa shape index (κ2) is 7.59. The molecule has 2 aliphatic rings. The first-order valence-electron chi connectivity index (χ1n) is 7.65. The third kappa shape index (κ3) is 3.70. The number of hydrogen-bond donors (Lipinski definition) is 2. The molecule has 0 bridgehead atoms. The highest BCUT2D eigenvalue weighted by molar-refractivity contribution is 6.35. The molecule has 0 aromatic rings. The Balaban J connectivity index is 1.99. The molecule has 6 nitrogen and oxygen atoms in total. The first kappa shape index (κ1) is 15.3. The van der Waals surface area contributed by atoms with Crippen molar-refractivity contribution >= 4 is 11.8 Å². The van der Waals surface area contributed by atoms with Gasteiger partial charge in [-0.2, -0.15) is 0 Å². The summed E-state index contributed by atoms with van der Waals surface area (Å²) in [6, 6.07) is 0.128. The van der Waals surface area contributed by atoms with E-state index in [-0.39, 0.29) is 19.2 Å². The van der Waals surface area contributed by atoms with Gasteiger partial charge >= 0.3 is 11.8 Å². The van der Waals surface area contributed by atoms with E-state index in [9.17, 15) is 9.59 Å². The second-order valence-electron chi connectivity index (χ2n) is 5.56. The molecule has 1 aliphatic heterocycles. The Bertz CT molecular complexity index is 335. The van der Waals surface area contributed by atoms with E-state index in [0.717, 1.165) is 45.2 Å². The lowest BCUT2D eigenvalue weighted by molar-refractivity contribution is -0.153. The van der Waals surface area contributed by atoms with Gasteiger partial charge in [-0.3, -0.25) is 9.59 Å². The molecule has 0 aromatic carbocycles. The van der Waals surface area contributed by atoms with E-state index in [4.69, 9.17) is 5.11 Å². The lowest BCUT2D eigenvalue weighted by atomic mass is 10.2. The molecule has 0 atom stereocenters. The van der Waals surface area contributed by atoms with Crippen molar-refractivity contribution in [3.05, 3.63) is 0 Å². The highest BCUT2D eigenvalue weighted by atomic mass is 16.3. The Labute approximate surface area is 120 Å². The van der Waals surface area contributed by atoms with Crippen LogP contribution in [0.1, 0.15) is 32.1 Å². The Kier molecular flexibility index (Phi) is 5.79. The van der Waals surface area contributed by atoms with Crippen LogP contribution in [0.5, 0.6) is 0 Å². The Morgan fingerprint density at radius 1 is 1.15 bits per heavy atom. The number of aliphatic hydroxyl groups excluding tert-OH is 1. The van der Waals surface area contributed by atoms with Crippen LogP contribution >= 0.6 is 0 Å². The minimum absolute atomic E-state index is 0.0862. The SMILES string of the molecule is O=C(C(=O)N(CCO)C1CCCC1)N1CCCNCC1. The zero-order valence-electron chi connectivity index (χ0n) is 12.0. The fourth-order valence-electron chi connectivity index (χ4n) is 3.08. The predicted octanol–water partition coefficient (Wildman–Crippen LogP) is -0.428. The highest BCUT2D eigenvalue weighted by Crippen LogP contribution is 2.23. The van der Waals surface area contributed by atoms with Gasteiger partial charge in [0, 0.05) is 32.2 Å². The maximum atomic E-state index is 12.4. The fourth-order valence-corrected chi connectivity index (χ4v) is 3.08. The van der Waals surface area contributed by atoms with Crippen LogP contribution < -0.4 is 5.32 Å². The van der Waals surface area contributed by atoms with Crippen LogP contribution in [-0.2, 0) is 9.59 Å². The van der Waals surface area contributed by atoms with Gasteiger partial charge in [0.05, 0.1) is 6.61 Å². The molecular formula is C14H25N3O3. The van der Waals surface area contributed by atoms with Crippen molar-refractivity contribution in [2.45, 2.75) is 38.1 Å². The molecule has 6 heteroatoms. The van der Waals surface area contributed by atoms with E-state index in [1.165, 1.54) is 0 Å². The van der Waals surface area contributed by atoms with Gasteiger partial charge in [-0.1, -0.05) is 12.8 Å². The maximum Gasteiger partial charge on any atom is 0.312 e. The molecule has 1 saturated carbocycles. The Morgan fingerprint density at radius 3 is 2.60 bits per heavy atom. The summed E-state index contributed by atoms with van der Waals surface area (Å²) in [6.45, 7) is 3.03. The Morgan fingerprint density at radius 2 is 1.90 bits per heavy atom. The summed E-state index contributed by atoms with van der Waals surface area (Å²) in [7, 11) is 0. The quantitative estimate of drug-likeness (QED) is 0.690. The monoisotopic (exact) mass is 283 g/mol.